The maximum absolute atomic E-state index is 3.05. The Morgan fingerprint density at radius 2 is 0.486 bits per heavy atom. The fourth-order valence-electron chi connectivity index (χ4n) is 11.9. The lowest BCUT2D eigenvalue weighted by atomic mass is 10.0. The molecule has 1 fully saturated rings. The summed E-state index contributed by atoms with van der Waals surface area (Å²) in [5.74, 6) is 0. The summed E-state index contributed by atoms with van der Waals surface area (Å²) in [4.78, 5) is 11.9. The average molecular weight is 1040 g/mol. The van der Waals surface area contributed by atoms with Gasteiger partial charge in [-0.3, -0.25) is 14.7 Å². The quantitative estimate of drug-likeness (QED) is 0.0563. The molecule has 1 atom stereocenters. The Hall–Kier alpha value is -0.160. The van der Waals surface area contributed by atoms with E-state index in [-0.39, 0.29) is 0 Å². The van der Waals surface area contributed by atoms with E-state index in [4.69, 9.17) is 0 Å². The summed E-state index contributed by atoms with van der Waals surface area (Å²) < 4.78 is 0. The second-order valence-electron chi connectivity index (χ2n) is 24.6. The van der Waals surface area contributed by atoms with E-state index in [1.54, 1.807) is 0 Å². The zero-order valence-electron chi connectivity index (χ0n) is 53.2. The fourth-order valence-corrected chi connectivity index (χ4v) is 11.9. The minimum absolute atomic E-state index is 0.614. The zero-order chi connectivity index (χ0) is 53.7. The second kappa shape index (κ2) is 63.7. The first kappa shape index (κ1) is 73.8. The van der Waals surface area contributed by atoms with Crippen molar-refractivity contribution in [1.82, 2.24) is 19.6 Å². The Balaban J connectivity index is 0.00000610. The molecule has 0 bridgehead atoms. The summed E-state index contributed by atoms with van der Waals surface area (Å²) in [5.41, 5.74) is 0. The van der Waals surface area contributed by atoms with Crippen LogP contribution in [0.25, 0.3) is 0 Å². The molecule has 4 nitrogen and oxygen atoms in total. The van der Waals surface area contributed by atoms with Crippen LogP contribution in [0.4, 0.5) is 0 Å². The highest BCUT2D eigenvalue weighted by Crippen LogP contribution is 2.21. The molecule has 1 aliphatic heterocycles. The molecule has 1 heterocycles. The minimum atomic E-state index is 0.614. The van der Waals surface area contributed by atoms with Crippen molar-refractivity contribution in [3.8, 4) is 0 Å². The van der Waals surface area contributed by atoms with Crippen LogP contribution in [0.1, 0.15) is 382 Å². The van der Waals surface area contributed by atoms with Crippen LogP contribution in [0.5, 0.6) is 0 Å². The van der Waals surface area contributed by atoms with Crippen molar-refractivity contribution in [3.05, 3.63) is 0 Å². The molecule has 1 saturated heterocycles. The first-order valence-corrected chi connectivity index (χ1v) is 35.5. The highest BCUT2D eigenvalue weighted by atomic mass is 15.4. The van der Waals surface area contributed by atoms with Gasteiger partial charge in [-0.1, -0.05) is 350 Å². The molecule has 0 aromatic rings. The van der Waals surface area contributed by atoms with Crippen molar-refractivity contribution in [2.45, 2.75) is 389 Å². The van der Waals surface area contributed by atoms with Gasteiger partial charge in [-0.05, 0) is 64.8 Å². The van der Waals surface area contributed by atoms with Gasteiger partial charge in [0, 0.05) is 32.7 Å². The first-order chi connectivity index (χ1) is 36.6. The molecular weight excluding hydrogens is 897 g/mol. The predicted molar refractivity (Wildman–Crippen MR) is 340 cm³/mol. The van der Waals surface area contributed by atoms with Gasteiger partial charge in [0.05, 0.1) is 6.17 Å². The van der Waals surface area contributed by atoms with Crippen LogP contribution in [0, 0.1) is 0 Å². The third kappa shape index (κ3) is 52.5. The summed E-state index contributed by atoms with van der Waals surface area (Å²) in [7, 11) is 0. The number of piperazine rings is 1. The monoisotopic (exact) mass is 1040 g/mol. The highest BCUT2D eigenvalue weighted by molar-refractivity contribution is 4.84. The summed E-state index contributed by atoms with van der Waals surface area (Å²) in [6.45, 7) is 29.2. The molecule has 1 rings (SSSR count). The molecule has 0 spiro atoms. The zero-order valence-corrected chi connectivity index (χ0v) is 53.2. The summed E-state index contributed by atoms with van der Waals surface area (Å²) in [6.07, 6.45) is 75.2. The number of hydrogen-bond donors (Lipinski definition) is 0. The molecule has 0 aromatic heterocycles. The minimum Gasteiger partial charge on any atom is -0.302 e. The van der Waals surface area contributed by atoms with E-state index >= 15 is 0 Å². The molecule has 0 aromatic carbocycles. The van der Waals surface area contributed by atoms with Gasteiger partial charge in [0.25, 0.3) is 0 Å². The highest BCUT2D eigenvalue weighted by Gasteiger charge is 2.31. The molecule has 4 heteroatoms. The van der Waals surface area contributed by atoms with Crippen LogP contribution in [0.15, 0.2) is 0 Å². The molecule has 1 unspecified atom stereocenters. The normalized spacial score (nSPS) is 14.5. The maximum Gasteiger partial charge on any atom is 0.0754 e. The summed E-state index contributed by atoms with van der Waals surface area (Å²) in [5, 5.41) is 0. The van der Waals surface area contributed by atoms with Gasteiger partial charge in [-0.2, -0.15) is 0 Å². The lowest BCUT2D eigenvalue weighted by Gasteiger charge is -2.47. The van der Waals surface area contributed by atoms with Crippen LogP contribution in [0.2, 0.25) is 0 Å². The predicted octanol–water partition coefficient (Wildman–Crippen LogP) is 22.9. The smallest absolute Gasteiger partial charge is 0.0754 e. The summed E-state index contributed by atoms with van der Waals surface area (Å²) in [6, 6.07) is 0. The first-order valence-electron chi connectivity index (χ1n) is 35.5. The van der Waals surface area contributed by atoms with Crippen LogP contribution in [-0.2, 0) is 0 Å². The second-order valence-corrected chi connectivity index (χ2v) is 24.6. The Morgan fingerprint density at radius 1 is 0.243 bits per heavy atom. The molecular formula is C70H146N4. The Kier molecular flexibility index (Phi) is 63.5. The van der Waals surface area contributed by atoms with Gasteiger partial charge < -0.3 is 4.90 Å². The van der Waals surface area contributed by atoms with Crippen molar-refractivity contribution in [2.24, 2.45) is 0 Å². The largest absolute Gasteiger partial charge is 0.302 e. The number of nitrogens with zero attached hydrogens (tertiary/aromatic N) is 4. The van der Waals surface area contributed by atoms with Crippen LogP contribution < -0.4 is 0 Å². The lowest BCUT2D eigenvalue weighted by molar-refractivity contribution is -0.0267. The molecule has 446 valence electrons. The van der Waals surface area contributed by atoms with E-state index in [1.165, 1.54) is 399 Å². The Labute approximate surface area is 471 Å². The van der Waals surface area contributed by atoms with Crippen LogP contribution >= 0.6 is 0 Å². The van der Waals surface area contributed by atoms with Gasteiger partial charge in [-0.15, -0.1) is 0 Å². The van der Waals surface area contributed by atoms with E-state index < -0.39 is 0 Å². The van der Waals surface area contributed by atoms with Crippen LogP contribution in [0.3, 0.4) is 0 Å². The molecule has 0 amide bonds. The SMILES string of the molecule is CCCCCCCC.CCCCCCCCCCCCCCN1CCN(CCN(CCCCC)CCCCCCCCCCCC)CC1N(CCCCCCCCCCCC)CCCCCCCCCCCCC. The van der Waals surface area contributed by atoms with E-state index in [0.29, 0.717) is 6.17 Å². The lowest BCUT2D eigenvalue weighted by Crippen LogP contribution is -2.61. The fraction of sp³-hybridized carbons (Fsp3) is 1.00. The van der Waals surface area contributed by atoms with Gasteiger partial charge in [0.2, 0.25) is 0 Å². The van der Waals surface area contributed by atoms with E-state index in [0.717, 1.165) is 0 Å². The molecule has 0 saturated carbocycles. The third-order valence-electron chi connectivity index (χ3n) is 17.2. The molecule has 74 heavy (non-hydrogen) atoms. The van der Waals surface area contributed by atoms with Crippen molar-refractivity contribution in [2.75, 3.05) is 65.4 Å². The molecule has 0 N–H and O–H groups in total. The van der Waals surface area contributed by atoms with Crippen molar-refractivity contribution in [3.63, 3.8) is 0 Å². The third-order valence-corrected chi connectivity index (χ3v) is 17.2. The Morgan fingerprint density at radius 3 is 0.797 bits per heavy atom. The topological polar surface area (TPSA) is 13.0 Å². The van der Waals surface area contributed by atoms with Crippen molar-refractivity contribution in [1.29, 1.82) is 0 Å². The molecule has 0 aliphatic carbocycles. The Bertz CT molecular complexity index is 982. The van der Waals surface area contributed by atoms with Gasteiger partial charge in [-0.25, -0.2) is 0 Å². The summed E-state index contributed by atoms with van der Waals surface area (Å²) >= 11 is 0. The number of hydrogen-bond acceptors (Lipinski definition) is 4. The number of unbranched alkanes of at least 4 members (excludes halogenated alkanes) is 46. The standard InChI is InChI=1S/C62H128N4.C8H18/c1-6-11-16-20-24-28-32-34-38-42-46-51-56-66-60-59-64(58-57-63(52-47-15-10-5)53-48-43-39-35-30-26-22-18-13-8-3)61-62(66)65(54-49-44-40-36-31-27-23-19-14-9-4)55-50-45-41-37-33-29-25-21-17-12-7-2;1-3-5-7-8-6-4-2/h62H,6-61H2,1-5H3;3-8H2,1-2H3. The average Bonchev–Trinajstić information content (AvgIpc) is 3.41. The van der Waals surface area contributed by atoms with Crippen molar-refractivity contribution < 1.29 is 0 Å². The van der Waals surface area contributed by atoms with Crippen molar-refractivity contribution >= 4 is 0 Å². The van der Waals surface area contributed by atoms with E-state index in [1.807, 2.05) is 0 Å². The maximum atomic E-state index is 3.05. The van der Waals surface area contributed by atoms with Gasteiger partial charge >= 0.3 is 0 Å². The number of rotatable bonds is 60. The van der Waals surface area contributed by atoms with Gasteiger partial charge in [0.15, 0.2) is 0 Å². The van der Waals surface area contributed by atoms with Crippen LogP contribution in [-0.4, -0.2) is 91.2 Å². The van der Waals surface area contributed by atoms with E-state index in [9.17, 15) is 0 Å². The molecule has 1 aliphatic rings. The molecule has 0 radical (unpaired) electrons. The van der Waals surface area contributed by atoms with Gasteiger partial charge in [0.1, 0.15) is 0 Å². The van der Waals surface area contributed by atoms with E-state index in [2.05, 4.69) is 68.1 Å².